The van der Waals surface area contributed by atoms with E-state index in [0.29, 0.717) is 11.0 Å². The van der Waals surface area contributed by atoms with Crippen molar-refractivity contribution < 1.29 is 13.2 Å². The van der Waals surface area contributed by atoms with Crippen LogP contribution in [-0.2, 0) is 11.5 Å². The molecule has 0 radical (unpaired) electrons. The maximum atomic E-state index is 11.9. The van der Waals surface area contributed by atoms with Crippen molar-refractivity contribution in [2.45, 2.75) is 11.5 Å². The standard InChI is InChI=1S/C6H5BrF3N/c7-3-4-1-2-5(11-4)6(8,9)10/h1-2,11H,3H2. The normalized spacial score (nSPS) is 12.0. The van der Waals surface area contributed by atoms with E-state index in [1.807, 2.05) is 0 Å². The molecule has 0 aliphatic heterocycles. The van der Waals surface area contributed by atoms with Crippen LogP contribution in [0.15, 0.2) is 12.1 Å². The fourth-order valence-corrected chi connectivity index (χ4v) is 1.01. The van der Waals surface area contributed by atoms with Gasteiger partial charge in [0.2, 0.25) is 0 Å². The van der Waals surface area contributed by atoms with Crippen molar-refractivity contribution in [2.24, 2.45) is 0 Å². The second kappa shape index (κ2) is 2.89. The second-order valence-electron chi connectivity index (χ2n) is 2.03. The minimum atomic E-state index is -4.26. The Morgan fingerprint density at radius 3 is 2.27 bits per heavy atom. The monoisotopic (exact) mass is 227 g/mol. The lowest BCUT2D eigenvalue weighted by molar-refractivity contribution is -0.140. The highest BCUT2D eigenvalue weighted by Gasteiger charge is 2.31. The average molecular weight is 228 g/mol. The quantitative estimate of drug-likeness (QED) is 0.711. The number of hydrogen-bond donors (Lipinski definition) is 1. The molecule has 62 valence electrons. The Morgan fingerprint density at radius 1 is 1.36 bits per heavy atom. The lowest BCUT2D eigenvalue weighted by Gasteiger charge is -2.01. The lowest BCUT2D eigenvalue weighted by Crippen LogP contribution is -2.04. The van der Waals surface area contributed by atoms with Crippen LogP contribution in [0.5, 0.6) is 0 Å². The average Bonchev–Trinajstić information content (AvgIpc) is 2.32. The predicted octanol–water partition coefficient (Wildman–Crippen LogP) is 2.93. The molecule has 1 N–H and O–H groups in total. The summed E-state index contributed by atoms with van der Waals surface area (Å²) in [5.74, 6) is 0. The zero-order chi connectivity index (χ0) is 8.48. The van der Waals surface area contributed by atoms with Gasteiger partial charge in [-0.05, 0) is 12.1 Å². The van der Waals surface area contributed by atoms with E-state index in [2.05, 4.69) is 20.9 Å². The van der Waals surface area contributed by atoms with Crippen LogP contribution < -0.4 is 0 Å². The van der Waals surface area contributed by atoms with Crippen LogP contribution in [-0.4, -0.2) is 4.98 Å². The van der Waals surface area contributed by atoms with E-state index < -0.39 is 11.9 Å². The first kappa shape index (κ1) is 8.64. The van der Waals surface area contributed by atoms with Gasteiger partial charge in [0.15, 0.2) is 0 Å². The summed E-state index contributed by atoms with van der Waals surface area (Å²) in [4.78, 5) is 2.23. The molecule has 0 spiro atoms. The number of H-pyrrole nitrogens is 1. The third-order valence-corrected chi connectivity index (χ3v) is 1.80. The van der Waals surface area contributed by atoms with Crippen LogP contribution in [0.2, 0.25) is 0 Å². The van der Waals surface area contributed by atoms with Crippen molar-refractivity contribution in [1.82, 2.24) is 4.98 Å². The molecule has 1 nitrogen and oxygen atoms in total. The summed E-state index contributed by atoms with van der Waals surface area (Å²) in [7, 11) is 0. The summed E-state index contributed by atoms with van der Waals surface area (Å²) in [5.41, 5.74) is -0.177. The van der Waals surface area contributed by atoms with Gasteiger partial charge in [-0.2, -0.15) is 13.2 Å². The number of nitrogens with one attached hydrogen (secondary N) is 1. The van der Waals surface area contributed by atoms with E-state index in [1.165, 1.54) is 6.07 Å². The number of hydrogen-bond acceptors (Lipinski definition) is 0. The highest BCUT2D eigenvalue weighted by Crippen LogP contribution is 2.28. The fraction of sp³-hybridized carbons (Fsp3) is 0.333. The van der Waals surface area contributed by atoms with Crippen LogP contribution in [0.3, 0.4) is 0 Å². The van der Waals surface area contributed by atoms with Gasteiger partial charge in [-0.25, -0.2) is 0 Å². The molecule has 0 aliphatic carbocycles. The van der Waals surface area contributed by atoms with Gasteiger partial charge in [-0.3, -0.25) is 0 Å². The van der Waals surface area contributed by atoms with Gasteiger partial charge in [0.05, 0.1) is 0 Å². The third kappa shape index (κ3) is 1.99. The Morgan fingerprint density at radius 2 is 2.00 bits per heavy atom. The van der Waals surface area contributed by atoms with Crippen molar-refractivity contribution >= 4 is 15.9 Å². The van der Waals surface area contributed by atoms with Crippen LogP contribution in [0, 0.1) is 0 Å². The smallest absolute Gasteiger partial charge is 0.354 e. The minimum absolute atomic E-state index is 0.406. The molecule has 1 heterocycles. The molecule has 1 rings (SSSR count). The van der Waals surface area contributed by atoms with Crippen molar-refractivity contribution in [1.29, 1.82) is 0 Å². The zero-order valence-corrected chi connectivity index (χ0v) is 6.96. The first-order valence-corrected chi connectivity index (χ1v) is 3.97. The Kier molecular flexibility index (Phi) is 2.27. The molecule has 0 saturated heterocycles. The molecular weight excluding hydrogens is 223 g/mol. The van der Waals surface area contributed by atoms with Crippen LogP contribution in [0.1, 0.15) is 11.4 Å². The Labute approximate surface area is 69.7 Å². The van der Waals surface area contributed by atoms with Crippen molar-refractivity contribution in [2.75, 3.05) is 0 Å². The minimum Gasteiger partial charge on any atom is -0.354 e. The number of alkyl halides is 4. The van der Waals surface area contributed by atoms with Crippen LogP contribution >= 0.6 is 15.9 Å². The molecule has 0 unspecified atom stereocenters. The van der Waals surface area contributed by atoms with Crippen LogP contribution in [0.4, 0.5) is 13.2 Å². The fourth-order valence-electron chi connectivity index (χ4n) is 0.684. The number of rotatable bonds is 1. The Hall–Kier alpha value is -0.450. The van der Waals surface area contributed by atoms with Crippen molar-refractivity contribution in [3.8, 4) is 0 Å². The van der Waals surface area contributed by atoms with E-state index in [1.54, 1.807) is 0 Å². The summed E-state index contributed by atoms with van der Waals surface area (Å²) in [5, 5.41) is 0.406. The van der Waals surface area contributed by atoms with Gasteiger partial charge in [0.25, 0.3) is 0 Å². The number of halogens is 4. The maximum absolute atomic E-state index is 11.9. The molecule has 0 amide bonds. The van der Waals surface area contributed by atoms with E-state index >= 15 is 0 Å². The topological polar surface area (TPSA) is 15.8 Å². The molecule has 0 fully saturated rings. The van der Waals surface area contributed by atoms with Gasteiger partial charge in [-0.1, -0.05) is 15.9 Å². The summed E-state index contributed by atoms with van der Waals surface area (Å²) >= 11 is 3.04. The Balaban J connectivity index is 2.89. The Bertz CT molecular complexity index is 240. The first-order valence-electron chi connectivity index (χ1n) is 2.85. The summed E-state index contributed by atoms with van der Waals surface area (Å²) in [6.07, 6.45) is -4.26. The SMILES string of the molecule is FC(F)(F)c1ccc(CBr)[nH]1. The molecule has 1 aromatic rings. The van der Waals surface area contributed by atoms with Gasteiger partial charge in [-0.15, -0.1) is 0 Å². The lowest BCUT2D eigenvalue weighted by atomic mass is 10.4. The van der Waals surface area contributed by atoms with Gasteiger partial charge in [0, 0.05) is 11.0 Å². The first-order chi connectivity index (χ1) is 5.04. The summed E-state index contributed by atoms with van der Waals surface area (Å²) < 4.78 is 35.7. The van der Waals surface area contributed by atoms with E-state index in [-0.39, 0.29) is 0 Å². The van der Waals surface area contributed by atoms with Gasteiger partial charge in [0.1, 0.15) is 5.69 Å². The summed E-state index contributed by atoms with van der Waals surface area (Å²) in [6.45, 7) is 0. The molecule has 0 aliphatic rings. The molecular formula is C6H5BrF3N. The maximum Gasteiger partial charge on any atom is 0.431 e. The highest BCUT2D eigenvalue weighted by molar-refractivity contribution is 9.08. The van der Waals surface area contributed by atoms with Crippen molar-refractivity contribution in [3.63, 3.8) is 0 Å². The van der Waals surface area contributed by atoms with E-state index in [4.69, 9.17) is 0 Å². The predicted molar refractivity (Wildman–Crippen MR) is 38.4 cm³/mol. The molecule has 0 atom stereocenters. The highest BCUT2D eigenvalue weighted by atomic mass is 79.9. The largest absolute Gasteiger partial charge is 0.431 e. The molecule has 1 aromatic heterocycles. The molecule has 0 bridgehead atoms. The molecule has 0 saturated carbocycles. The van der Waals surface area contributed by atoms with Gasteiger partial charge < -0.3 is 4.98 Å². The number of aromatic nitrogens is 1. The molecule has 0 aromatic carbocycles. The second-order valence-corrected chi connectivity index (χ2v) is 2.59. The van der Waals surface area contributed by atoms with Crippen molar-refractivity contribution in [3.05, 3.63) is 23.5 Å². The zero-order valence-electron chi connectivity index (χ0n) is 5.37. The van der Waals surface area contributed by atoms with Crippen LogP contribution in [0.25, 0.3) is 0 Å². The number of aromatic amines is 1. The van der Waals surface area contributed by atoms with Gasteiger partial charge >= 0.3 is 6.18 Å². The molecule has 5 heteroatoms. The van der Waals surface area contributed by atoms with E-state index in [0.717, 1.165) is 6.07 Å². The molecule has 11 heavy (non-hydrogen) atoms. The third-order valence-electron chi connectivity index (χ3n) is 1.20. The summed E-state index contributed by atoms with van der Waals surface area (Å²) in [6, 6.07) is 2.42. The van der Waals surface area contributed by atoms with E-state index in [9.17, 15) is 13.2 Å².